The SMILES string of the molecule is CNC(=N)Nc1ccc(Cl)cc1. The summed E-state index contributed by atoms with van der Waals surface area (Å²) in [6.45, 7) is 0. The Morgan fingerprint density at radius 3 is 2.42 bits per heavy atom. The van der Waals surface area contributed by atoms with E-state index in [2.05, 4.69) is 10.6 Å². The lowest BCUT2D eigenvalue weighted by Gasteiger charge is -2.05. The number of hydrogen-bond donors (Lipinski definition) is 3. The van der Waals surface area contributed by atoms with Crippen molar-refractivity contribution in [1.82, 2.24) is 5.32 Å². The molecule has 1 aromatic carbocycles. The molecule has 0 heterocycles. The third-order valence-electron chi connectivity index (χ3n) is 1.36. The summed E-state index contributed by atoms with van der Waals surface area (Å²) in [5, 5.41) is 13.5. The number of halogens is 1. The molecule has 0 aliphatic heterocycles. The van der Waals surface area contributed by atoms with Gasteiger partial charge in [0.05, 0.1) is 0 Å². The topological polar surface area (TPSA) is 47.9 Å². The van der Waals surface area contributed by atoms with Gasteiger partial charge in [0.25, 0.3) is 0 Å². The van der Waals surface area contributed by atoms with Gasteiger partial charge in [-0.25, -0.2) is 0 Å². The molecule has 0 spiro atoms. The van der Waals surface area contributed by atoms with Gasteiger partial charge in [-0.05, 0) is 24.3 Å². The number of guanidine groups is 1. The van der Waals surface area contributed by atoms with Crippen molar-refractivity contribution in [2.45, 2.75) is 0 Å². The molecular weight excluding hydrogens is 174 g/mol. The number of anilines is 1. The van der Waals surface area contributed by atoms with E-state index in [0.717, 1.165) is 5.69 Å². The zero-order chi connectivity index (χ0) is 8.97. The molecule has 0 fully saturated rings. The highest BCUT2D eigenvalue weighted by Gasteiger charge is 1.93. The van der Waals surface area contributed by atoms with E-state index in [-0.39, 0.29) is 5.96 Å². The van der Waals surface area contributed by atoms with Gasteiger partial charge < -0.3 is 10.6 Å². The van der Waals surface area contributed by atoms with Crippen molar-refractivity contribution in [2.24, 2.45) is 0 Å². The Bertz CT molecular complexity index is 268. The molecule has 3 nitrogen and oxygen atoms in total. The Labute approximate surface area is 76.2 Å². The molecule has 12 heavy (non-hydrogen) atoms. The van der Waals surface area contributed by atoms with E-state index in [9.17, 15) is 0 Å². The van der Waals surface area contributed by atoms with Crippen LogP contribution < -0.4 is 10.6 Å². The van der Waals surface area contributed by atoms with Gasteiger partial charge >= 0.3 is 0 Å². The van der Waals surface area contributed by atoms with Gasteiger partial charge in [0.2, 0.25) is 0 Å². The summed E-state index contributed by atoms with van der Waals surface area (Å²) in [5.74, 6) is 0.261. The molecule has 0 saturated heterocycles. The van der Waals surface area contributed by atoms with E-state index in [0.29, 0.717) is 5.02 Å². The van der Waals surface area contributed by atoms with Gasteiger partial charge in [-0.3, -0.25) is 5.41 Å². The predicted molar refractivity (Wildman–Crippen MR) is 51.9 cm³/mol. The van der Waals surface area contributed by atoms with E-state index in [4.69, 9.17) is 17.0 Å². The van der Waals surface area contributed by atoms with Gasteiger partial charge in [0, 0.05) is 17.8 Å². The molecule has 0 saturated carbocycles. The second-order valence-electron chi connectivity index (χ2n) is 2.26. The summed E-state index contributed by atoms with van der Waals surface area (Å²) in [6.07, 6.45) is 0. The minimum Gasteiger partial charge on any atom is -0.359 e. The fourth-order valence-corrected chi connectivity index (χ4v) is 0.866. The van der Waals surface area contributed by atoms with Crippen molar-refractivity contribution < 1.29 is 0 Å². The van der Waals surface area contributed by atoms with Gasteiger partial charge in [-0.1, -0.05) is 11.6 Å². The summed E-state index contributed by atoms with van der Waals surface area (Å²) in [7, 11) is 1.69. The van der Waals surface area contributed by atoms with Gasteiger partial charge in [0.1, 0.15) is 0 Å². The van der Waals surface area contributed by atoms with Crippen LogP contribution in [0.3, 0.4) is 0 Å². The molecule has 3 N–H and O–H groups in total. The van der Waals surface area contributed by atoms with Crippen LogP contribution in [0, 0.1) is 5.41 Å². The minimum atomic E-state index is 0.261. The Kier molecular flexibility index (Phi) is 2.94. The fourth-order valence-electron chi connectivity index (χ4n) is 0.740. The molecule has 0 amide bonds. The molecule has 1 aromatic rings. The van der Waals surface area contributed by atoms with Crippen molar-refractivity contribution in [2.75, 3.05) is 12.4 Å². The van der Waals surface area contributed by atoms with E-state index in [1.807, 2.05) is 12.1 Å². The number of rotatable bonds is 1. The monoisotopic (exact) mass is 183 g/mol. The van der Waals surface area contributed by atoms with Crippen LogP contribution in [0.1, 0.15) is 0 Å². The first-order valence-corrected chi connectivity index (χ1v) is 3.89. The molecule has 64 valence electrons. The molecule has 0 aromatic heterocycles. The predicted octanol–water partition coefficient (Wildman–Crippen LogP) is 1.91. The zero-order valence-electron chi connectivity index (χ0n) is 6.69. The van der Waals surface area contributed by atoms with Crippen molar-refractivity contribution in [3.63, 3.8) is 0 Å². The average Bonchev–Trinajstić information content (AvgIpc) is 2.09. The third kappa shape index (κ3) is 2.43. The maximum atomic E-state index is 7.27. The molecular formula is C8H10ClN3. The first kappa shape index (κ1) is 8.87. The second-order valence-corrected chi connectivity index (χ2v) is 2.69. The van der Waals surface area contributed by atoms with Crippen LogP contribution >= 0.6 is 11.6 Å². The molecule has 0 radical (unpaired) electrons. The Morgan fingerprint density at radius 1 is 1.33 bits per heavy atom. The minimum absolute atomic E-state index is 0.261. The van der Waals surface area contributed by atoms with E-state index < -0.39 is 0 Å². The van der Waals surface area contributed by atoms with Crippen LogP contribution in [0.25, 0.3) is 0 Å². The average molecular weight is 184 g/mol. The smallest absolute Gasteiger partial charge is 0.192 e. The summed E-state index contributed by atoms with van der Waals surface area (Å²) in [6, 6.07) is 7.17. The largest absolute Gasteiger partial charge is 0.359 e. The van der Waals surface area contributed by atoms with Crippen LogP contribution in [-0.4, -0.2) is 13.0 Å². The zero-order valence-corrected chi connectivity index (χ0v) is 7.44. The maximum Gasteiger partial charge on any atom is 0.192 e. The van der Waals surface area contributed by atoms with E-state index >= 15 is 0 Å². The Morgan fingerprint density at radius 2 is 1.92 bits per heavy atom. The van der Waals surface area contributed by atoms with Crippen molar-refractivity contribution in [1.29, 1.82) is 5.41 Å². The molecule has 4 heteroatoms. The third-order valence-corrected chi connectivity index (χ3v) is 1.62. The van der Waals surface area contributed by atoms with Crippen LogP contribution in [0.2, 0.25) is 5.02 Å². The Balaban J connectivity index is 2.64. The Hall–Kier alpha value is -1.22. The van der Waals surface area contributed by atoms with Crippen molar-refractivity contribution in [3.8, 4) is 0 Å². The van der Waals surface area contributed by atoms with Crippen LogP contribution in [0.4, 0.5) is 5.69 Å². The highest BCUT2D eigenvalue weighted by molar-refractivity contribution is 6.30. The first-order chi connectivity index (χ1) is 5.72. The van der Waals surface area contributed by atoms with E-state index in [1.54, 1.807) is 19.2 Å². The molecule has 0 bridgehead atoms. The molecule has 0 unspecified atom stereocenters. The van der Waals surface area contributed by atoms with Crippen molar-refractivity contribution in [3.05, 3.63) is 29.3 Å². The van der Waals surface area contributed by atoms with Gasteiger partial charge in [0.15, 0.2) is 5.96 Å². The van der Waals surface area contributed by atoms with E-state index in [1.165, 1.54) is 0 Å². The lowest BCUT2D eigenvalue weighted by molar-refractivity contribution is 1.13. The summed E-state index contributed by atoms with van der Waals surface area (Å²) in [4.78, 5) is 0. The summed E-state index contributed by atoms with van der Waals surface area (Å²) < 4.78 is 0. The van der Waals surface area contributed by atoms with Crippen LogP contribution in [0.15, 0.2) is 24.3 Å². The first-order valence-electron chi connectivity index (χ1n) is 3.51. The standard InChI is InChI=1S/C8H10ClN3/c1-11-8(10)12-7-4-2-6(9)3-5-7/h2-5H,1H3,(H3,10,11,12). The van der Waals surface area contributed by atoms with Gasteiger partial charge in [-0.15, -0.1) is 0 Å². The molecule has 1 rings (SSSR count). The van der Waals surface area contributed by atoms with Crippen LogP contribution in [-0.2, 0) is 0 Å². The second kappa shape index (κ2) is 3.97. The number of hydrogen-bond acceptors (Lipinski definition) is 1. The highest BCUT2D eigenvalue weighted by Crippen LogP contribution is 2.12. The van der Waals surface area contributed by atoms with Crippen LogP contribution in [0.5, 0.6) is 0 Å². The number of benzene rings is 1. The highest BCUT2D eigenvalue weighted by atomic mass is 35.5. The number of nitrogens with one attached hydrogen (secondary N) is 3. The van der Waals surface area contributed by atoms with Crippen molar-refractivity contribution >= 4 is 23.2 Å². The fraction of sp³-hybridized carbons (Fsp3) is 0.125. The molecule has 0 aliphatic rings. The normalized spacial score (nSPS) is 9.17. The van der Waals surface area contributed by atoms with Gasteiger partial charge in [-0.2, -0.15) is 0 Å². The summed E-state index contributed by atoms with van der Waals surface area (Å²) >= 11 is 5.69. The lowest BCUT2D eigenvalue weighted by atomic mass is 10.3. The quantitative estimate of drug-likeness (QED) is 0.460. The molecule has 0 atom stereocenters. The molecule has 0 aliphatic carbocycles. The lowest BCUT2D eigenvalue weighted by Crippen LogP contribution is -2.25. The maximum absolute atomic E-state index is 7.27. The summed E-state index contributed by atoms with van der Waals surface area (Å²) in [5.41, 5.74) is 0.846.